The van der Waals surface area contributed by atoms with E-state index in [1.165, 1.54) is 0 Å². The van der Waals surface area contributed by atoms with Crippen molar-refractivity contribution in [3.63, 3.8) is 0 Å². The van der Waals surface area contributed by atoms with Gasteiger partial charge in [-0.05, 0) is 65.2 Å². The molecule has 0 bridgehead atoms. The summed E-state index contributed by atoms with van der Waals surface area (Å²) in [7, 11) is 0. The van der Waals surface area contributed by atoms with Gasteiger partial charge in [0.15, 0.2) is 0 Å². The van der Waals surface area contributed by atoms with Crippen molar-refractivity contribution in [3.8, 4) is 0 Å². The number of fused-ring (bicyclic) bond motifs is 1. The number of anilines is 1. The van der Waals surface area contributed by atoms with E-state index in [0.29, 0.717) is 28.4 Å². The minimum Gasteiger partial charge on any atom is -0.348 e. The van der Waals surface area contributed by atoms with Crippen molar-refractivity contribution in [1.29, 1.82) is 0 Å². The van der Waals surface area contributed by atoms with Gasteiger partial charge in [-0.25, -0.2) is 0 Å². The van der Waals surface area contributed by atoms with E-state index in [1.54, 1.807) is 42.5 Å². The monoisotopic (exact) mass is 428 g/mol. The molecule has 0 aromatic heterocycles. The number of carbonyl (C=O) groups is 2. The van der Waals surface area contributed by atoms with E-state index in [0.717, 1.165) is 21.9 Å². The van der Waals surface area contributed by atoms with Crippen LogP contribution in [0.3, 0.4) is 0 Å². The van der Waals surface area contributed by atoms with E-state index in [-0.39, 0.29) is 11.8 Å². The van der Waals surface area contributed by atoms with Crippen molar-refractivity contribution in [2.24, 2.45) is 0 Å². The zero-order chi connectivity index (χ0) is 21.8. The van der Waals surface area contributed by atoms with E-state index >= 15 is 0 Å². The summed E-state index contributed by atoms with van der Waals surface area (Å²) in [6.07, 6.45) is 0. The second-order valence-electron chi connectivity index (χ2n) is 7.37. The number of carbonyl (C=O) groups excluding carboxylic acids is 2. The molecule has 0 aliphatic carbocycles. The first kappa shape index (κ1) is 20.6. The molecule has 31 heavy (non-hydrogen) atoms. The van der Waals surface area contributed by atoms with Gasteiger partial charge in [-0.3, -0.25) is 9.59 Å². The Morgan fingerprint density at radius 2 is 1.58 bits per heavy atom. The molecule has 0 aliphatic heterocycles. The molecule has 4 aromatic carbocycles. The second-order valence-corrected chi connectivity index (χ2v) is 7.81. The van der Waals surface area contributed by atoms with Crippen LogP contribution >= 0.6 is 11.6 Å². The molecular formula is C26H21ClN2O2. The average molecular weight is 429 g/mol. The van der Waals surface area contributed by atoms with Crippen LogP contribution in [0, 0.1) is 6.92 Å². The molecule has 4 aromatic rings. The maximum atomic E-state index is 12.7. The van der Waals surface area contributed by atoms with E-state index < -0.39 is 0 Å². The van der Waals surface area contributed by atoms with Gasteiger partial charge in [0, 0.05) is 28.4 Å². The lowest BCUT2D eigenvalue weighted by Crippen LogP contribution is -2.23. The number of rotatable bonds is 5. The van der Waals surface area contributed by atoms with Crippen molar-refractivity contribution in [1.82, 2.24) is 5.32 Å². The first-order valence-electron chi connectivity index (χ1n) is 9.93. The summed E-state index contributed by atoms with van der Waals surface area (Å²) in [5, 5.41) is 8.55. The Hall–Kier alpha value is -3.63. The normalized spacial score (nSPS) is 10.6. The summed E-state index contributed by atoms with van der Waals surface area (Å²) in [5.74, 6) is -0.485. The van der Waals surface area contributed by atoms with Gasteiger partial charge < -0.3 is 10.6 Å². The van der Waals surface area contributed by atoms with E-state index in [1.807, 2.05) is 49.4 Å². The molecule has 0 atom stereocenters. The molecule has 0 saturated heterocycles. The number of benzene rings is 4. The Labute approximate surface area is 185 Å². The van der Waals surface area contributed by atoms with Crippen molar-refractivity contribution in [2.75, 3.05) is 5.32 Å². The van der Waals surface area contributed by atoms with E-state index in [4.69, 9.17) is 11.6 Å². The predicted octanol–water partition coefficient (Wildman–Crippen LogP) is 5.98. The van der Waals surface area contributed by atoms with Crippen molar-refractivity contribution in [3.05, 3.63) is 112 Å². The summed E-state index contributed by atoms with van der Waals surface area (Å²) < 4.78 is 0. The van der Waals surface area contributed by atoms with E-state index in [2.05, 4.69) is 10.6 Å². The van der Waals surface area contributed by atoms with Gasteiger partial charge in [0.25, 0.3) is 11.8 Å². The largest absolute Gasteiger partial charge is 0.348 e. The standard InChI is InChI=1S/C26H21ClN2O2/c1-17-12-21(14-22(27)13-17)26(31)29-23-10-5-8-19(15-23)25(30)28-16-20-9-4-7-18-6-2-3-11-24(18)20/h2-15H,16H2,1H3,(H,28,30)(H,29,31). The number of amides is 2. The van der Waals surface area contributed by atoms with Gasteiger partial charge in [-0.2, -0.15) is 0 Å². The Morgan fingerprint density at radius 1 is 0.806 bits per heavy atom. The molecule has 0 aliphatic rings. The van der Waals surface area contributed by atoms with Gasteiger partial charge >= 0.3 is 0 Å². The van der Waals surface area contributed by atoms with Crippen LogP contribution in [-0.2, 0) is 6.54 Å². The van der Waals surface area contributed by atoms with Crippen LogP contribution in [0.15, 0.2) is 84.9 Å². The third kappa shape index (κ3) is 4.93. The number of aryl methyl sites for hydroxylation is 1. The lowest BCUT2D eigenvalue weighted by atomic mass is 10.0. The Kier molecular flexibility index (Phi) is 6.01. The molecule has 0 saturated carbocycles. The fourth-order valence-corrected chi connectivity index (χ4v) is 3.82. The highest BCUT2D eigenvalue weighted by atomic mass is 35.5. The zero-order valence-electron chi connectivity index (χ0n) is 17.0. The first-order chi connectivity index (χ1) is 15.0. The molecule has 0 radical (unpaired) electrons. The molecule has 0 unspecified atom stereocenters. The van der Waals surface area contributed by atoms with E-state index in [9.17, 15) is 9.59 Å². The smallest absolute Gasteiger partial charge is 0.255 e. The highest BCUT2D eigenvalue weighted by molar-refractivity contribution is 6.31. The highest BCUT2D eigenvalue weighted by Crippen LogP contribution is 2.19. The molecule has 2 N–H and O–H groups in total. The summed E-state index contributed by atoms with van der Waals surface area (Å²) in [6, 6.07) is 26.2. The minimum absolute atomic E-state index is 0.206. The van der Waals surface area contributed by atoms with Gasteiger partial charge in [-0.15, -0.1) is 0 Å². The molecule has 4 rings (SSSR count). The van der Waals surface area contributed by atoms with Crippen molar-refractivity contribution in [2.45, 2.75) is 13.5 Å². The van der Waals surface area contributed by atoms with Gasteiger partial charge in [-0.1, -0.05) is 60.1 Å². The SMILES string of the molecule is Cc1cc(Cl)cc(C(=O)Nc2cccc(C(=O)NCc3cccc4ccccc34)c2)c1. The highest BCUT2D eigenvalue weighted by Gasteiger charge is 2.11. The quantitative estimate of drug-likeness (QED) is 0.410. The van der Waals surface area contributed by atoms with Crippen LogP contribution in [0.4, 0.5) is 5.69 Å². The third-order valence-electron chi connectivity index (χ3n) is 5.01. The van der Waals surface area contributed by atoms with Crippen LogP contribution in [0.5, 0.6) is 0 Å². The topological polar surface area (TPSA) is 58.2 Å². The fourth-order valence-electron chi connectivity index (χ4n) is 3.53. The molecule has 2 amide bonds. The number of halogens is 1. The minimum atomic E-state index is -0.279. The van der Waals surface area contributed by atoms with Crippen LogP contribution < -0.4 is 10.6 Å². The molecule has 4 nitrogen and oxygen atoms in total. The number of nitrogens with one attached hydrogen (secondary N) is 2. The molecule has 0 fully saturated rings. The lowest BCUT2D eigenvalue weighted by Gasteiger charge is -2.10. The molecule has 154 valence electrons. The summed E-state index contributed by atoms with van der Waals surface area (Å²) in [5.41, 5.74) is 3.43. The van der Waals surface area contributed by atoms with Crippen LogP contribution in [-0.4, -0.2) is 11.8 Å². The van der Waals surface area contributed by atoms with Crippen molar-refractivity contribution >= 4 is 39.9 Å². The maximum Gasteiger partial charge on any atom is 0.255 e. The number of hydrogen-bond donors (Lipinski definition) is 2. The lowest BCUT2D eigenvalue weighted by molar-refractivity contribution is 0.0949. The third-order valence-corrected chi connectivity index (χ3v) is 5.22. The molecule has 0 heterocycles. The Balaban J connectivity index is 1.46. The molecule has 5 heteroatoms. The van der Waals surface area contributed by atoms with Crippen molar-refractivity contribution < 1.29 is 9.59 Å². The molecular weight excluding hydrogens is 408 g/mol. The Morgan fingerprint density at radius 3 is 2.42 bits per heavy atom. The van der Waals surface area contributed by atoms with Crippen LogP contribution in [0.2, 0.25) is 5.02 Å². The molecule has 0 spiro atoms. The van der Waals surface area contributed by atoms with Gasteiger partial charge in [0.1, 0.15) is 0 Å². The van der Waals surface area contributed by atoms with Gasteiger partial charge in [0.05, 0.1) is 0 Å². The summed E-state index contributed by atoms with van der Waals surface area (Å²) in [6.45, 7) is 2.29. The number of hydrogen-bond acceptors (Lipinski definition) is 2. The predicted molar refractivity (Wildman–Crippen MR) is 126 cm³/mol. The average Bonchev–Trinajstić information content (AvgIpc) is 2.77. The zero-order valence-corrected chi connectivity index (χ0v) is 17.7. The summed E-state index contributed by atoms with van der Waals surface area (Å²) >= 11 is 6.05. The van der Waals surface area contributed by atoms with Gasteiger partial charge in [0.2, 0.25) is 0 Å². The maximum absolute atomic E-state index is 12.7. The second kappa shape index (κ2) is 9.02. The summed E-state index contributed by atoms with van der Waals surface area (Å²) in [4.78, 5) is 25.3. The van der Waals surface area contributed by atoms with Crippen LogP contribution in [0.1, 0.15) is 31.8 Å². The van der Waals surface area contributed by atoms with Crippen LogP contribution in [0.25, 0.3) is 10.8 Å². The fraction of sp³-hybridized carbons (Fsp3) is 0.0769. The first-order valence-corrected chi connectivity index (χ1v) is 10.3. The Bertz CT molecular complexity index is 1260.